The normalized spacial score (nSPS) is 35.5. The van der Waals surface area contributed by atoms with Crippen molar-refractivity contribution in [2.45, 2.75) is 51.5 Å². The van der Waals surface area contributed by atoms with Gasteiger partial charge >= 0.3 is 0 Å². The standard InChI is InChI=1S/C13H25N3O/c1-10-9-11(14)5-6-12(10)13(17)15-16-7-3-2-4-8-16/h10-12H,2-9,14H2,1H3,(H,15,17). The van der Waals surface area contributed by atoms with Crippen LogP contribution in [0.5, 0.6) is 0 Å². The lowest BCUT2D eigenvalue weighted by Crippen LogP contribution is -2.49. The third kappa shape index (κ3) is 3.42. The molecule has 2 aliphatic rings. The Morgan fingerprint density at radius 1 is 1.24 bits per heavy atom. The number of nitrogens with two attached hydrogens (primary N) is 1. The molecular weight excluding hydrogens is 214 g/mol. The number of piperidine rings is 1. The summed E-state index contributed by atoms with van der Waals surface area (Å²) in [5.41, 5.74) is 9.02. The van der Waals surface area contributed by atoms with Gasteiger partial charge in [-0.25, -0.2) is 5.01 Å². The van der Waals surface area contributed by atoms with Crippen molar-refractivity contribution in [2.75, 3.05) is 13.1 Å². The average molecular weight is 239 g/mol. The third-order valence-corrected chi connectivity index (χ3v) is 4.17. The van der Waals surface area contributed by atoms with Crippen LogP contribution < -0.4 is 11.2 Å². The Labute approximate surface area is 104 Å². The van der Waals surface area contributed by atoms with Crippen molar-refractivity contribution in [1.29, 1.82) is 0 Å². The molecule has 17 heavy (non-hydrogen) atoms. The van der Waals surface area contributed by atoms with Crippen molar-refractivity contribution in [1.82, 2.24) is 10.4 Å². The highest BCUT2D eigenvalue weighted by Gasteiger charge is 2.31. The number of rotatable bonds is 2. The molecule has 0 aromatic heterocycles. The Hall–Kier alpha value is -0.610. The predicted molar refractivity (Wildman–Crippen MR) is 68.0 cm³/mol. The highest BCUT2D eigenvalue weighted by Crippen LogP contribution is 2.29. The summed E-state index contributed by atoms with van der Waals surface area (Å²) in [7, 11) is 0. The zero-order chi connectivity index (χ0) is 12.3. The lowest BCUT2D eigenvalue weighted by molar-refractivity contribution is -0.133. The van der Waals surface area contributed by atoms with Gasteiger partial charge in [0, 0.05) is 25.0 Å². The number of hydrogen-bond acceptors (Lipinski definition) is 3. The summed E-state index contributed by atoms with van der Waals surface area (Å²) < 4.78 is 0. The van der Waals surface area contributed by atoms with Crippen molar-refractivity contribution in [3.63, 3.8) is 0 Å². The number of amides is 1. The molecule has 1 amide bonds. The fourth-order valence-corrected chi connectivity index (χ4v) is 3.07. The second kappa shape index (κ2) is 5.83. The minimum absolute atomic E-state index is 0.164. The summed E-state index contributed by atoms with van der Waals surface area (Å²) in [5, 5.41) is 2.09. The molecule has 2 fully saturated rings. The maximum Gasteiger partial charge on any atom is 0.237 e. The van der Waals surface area contributed by atoms with Crippen molar-refractivity contribution in [3.8, 4) is 0 Å². The molecule has 0 bridgehead atoms. The molecule has 0 spiro atoms. The van der Waals surface area contributed by atoms with Crippen LogP contribution in [0.3, 0.4) is 0 Å². The van der Waals surface area contributed by atoms with Gasteiger partial charge in [-0.2, -0.15) is 0 Å². The van der Waals surface area contributed by atoms with E-state index in [1.165, 1.54) is 19.3 Å². The topological polar surface area (TPSA) is 58.4 Å². The van der Waals surface area contributed by atoms with Crippen LogP contribution in [0.25, 0.3) is 0 Å². The largest absolute Gasteiger partial charge is 0.328 e. The number of hydrogen-bond donors (Lipinski definition) is 2. The van der Waals surface area contributed by atoms with Gasteiger partial charge in [0.05, 0.1) is 0 Å². The number of nitrogens with zero attached hydrogens (tertiary/aromatic N) is 1. The van der Waals surface area contributed by atoms with Crippen LogP contribution in [0.15, 0.2) is 0 Å². The molecule has 0 radical (unpaired) electrons. The molecule has 1 saturated heterocycles. The van der Waals surface area contributed by atoms with E-state index in [9.17, 15) is 4.79 Å². The number of hydrazine groups is 1. The molecule has 3 atom stereocenters. The van der Waals surface area contributed by atoms with Crippen molar-refractivity contribution < 1.29 is 4.79 Å². The lowest BCUT2D eigenvalue weighted by atomic mass is 9.78. The Morgan fingerprint density at radius 2 is 1.94 bits per heavy atom. The Kier molecular flexibility index (Phi) is 4.40. The fraction of sp³-hybridized carbons (Fsp3) is 0.923. The summed E-state index contributed by atoms with van der Waals surface area (Å²) in [5.74, 6) is 0.798. The van der Waals surface area contributed by atoms with E-state index >= 15 is 0 Å². The Balaban J connectivity index is 1.82. The number of carbonyl (C=O) groups is 1. The van der Waals surface area contributed by atoms with Gasteiger partial charge in [-0.1, -0.05) is 13.3 Å². The van der Waals surface area contributed by atoms with Gasteiger partial charge in [-0.3, -0.25) is 10.2 Å². The first-order valence-corrected chi connectivity index (χ1v) is 6.98. The second-order valence-electron chi connectivity index (χ2n) is 5.68. The number of nitrogens with one attached hydrogen (secondary N) is 1. The van der Waals surface area contributed by atoms with Crippen LogP contribution in [0.4, 0.5) is 0 Å². The monoisotopic (exact) mass is 239 g/mol. The maximum absolute atomic E-state index is 12.2. The fourth-order valence-electron chi connectivity index (χ4n) is 3.07. The van der Waals surface area contributed by atoms with Crippen molar-refractivity contribution in [2.24, 2.45) is 17.6 Å². The van der Waals surface area contributed by atoms with Gasteiger partial charge in [0.1, 0.15) is 0 Å². The molecule has 3 N–H and O–H groups in total. The van der Waals surface area contributed by atoms with E-state index in [4.69, 9.17) is 5.73 Å². The highest BCUT2D eigenvalue weighted by atomic mass is 16.2. The van der Waals surface area contributed by atoms with E-state index < -0.39 is 0 Å². The van der Waals surface area contributed by atoms with Crippen LogP contribution in [0, 0.1) is 11.8 Å². The van der Waals surface area contributed by atoms with Crippen molar-refractivity contribution >= 4 is 5.91 Å². The third-order valence-electron chi connectivity index (χ3n) is 4.17. The molecular formula is C13H25N3O. The average Bonchev–Trinajstić information content (AvgIpc) is 2.30. The number of carbonyl (C=O) groups excluding carboxylic acids is 1. The zero-order valence-corrected chi connectivity index (χ0v) is 10.8. The molecule has 0 aromatic rings. The summed E-state index contributed by atoms with van der Waals surface area (Å²) in [6.45, 7) is 4.16. The van der Waals surface area contributed by atoms with Crippen LogP contribution >= 0.6 is 0 Å². The van der Waals surface area contributed by atoms with E-state index in [0.29, 0.717) is 12.0 Å². The van der Waals surface area contributed by atoms with Crippen LogP contribution in [-0.4, -0.2) is 30.0 Å². The summed E-state index contributed by atoms with van der Waals surface area (Å²) in [6, 6.07) is 0.295. The first-order valence-electron chi connectivity index (χ1n) is 6.98. The molecule has 1 saturated carbocycles. The molecule has 98 valence electrons. The second-order valence-corrected chi connectivity index (χ2v) is 5.68. The summed E-state index contributed by atoms with van der Waals surface area (Å²) >= 11 is 0. The van der Waals surface area contributed by atoms with Gasteiger partial charge in [0.15, 0.2) is 0 Å². The lowest BCUT2D eigenvalue weighted by Gasteiger charge is -2.34. The SMILES string of the molecule is CC1CC(N)CCC1C(=O)NN1CCCCC1. The Bertz CT molecular complexity index is 263. The van der Waals surface area contributed by atoms with E-state index in [-0.39, 0.29) is 11.8 Å². The van der Waals surface area contributed by atoms with E-state index in [2.05, 4.69) is 17.4 Å². The molecule has 0 aromatic carbocycles. The van der Waals surface area contributed by atoms with Gasteiger partial charge in [-0.15, -0.1) is 0 Å². The molecule has 1 heterocycles. The Morgan fingerprint density at radius 3 is 2.59 bits per heavy atom. The minimum atomic E-state index is 0.164. The zero-order valence-electron chi connectivity index (χ0n) is 10.8. The van der Waals surface area contributed by atoms with Gasteiger partial charge < -0.3 is 5.73 Å². The summed E-state index contributed by atoms with van der Waals surface area (Å²) in [6.07, 6.45) is 6.61. The first kappa shape index (κ1) is 12.8. The molecule has 4 nitrogen and oxygen atoms in total. The molecule has 1 aliphatic carbocycles. The van der Waals surface area contributed by atoms with Gasteiger partial charge in [0.2, 0.25) is 5.91 Å². The van der Waals surface area contributed by atoms with Crippen LogP contribution in [0.1, 0.15) is 45.4 Å². The molecule has 4 heteroatoms. The minimum Gasteiger partial charge on any atom is -0.328 e. The van der Waals surface area contributed by atoms with Crippen LogP contribution in [0.2, 0.25) is 0 Å². The van der Waals surface area contributed by atoms with Crippen molar-refractivity contribution in [3.05, 3.63) is 0 Å². The van der Waals surface area contributed by atoms with Gasteiger partial charge in [-0.05, 0) is 38.0 Å². The van der Waals surface area contributed by atoms with Crippen LogP contribution in [-0.2, 0) is 4.79 Å². The van der Waals surface area contributed by atoms with E-state index in [1.54, 1.807) is 0 Å². The summed E-state index contributed by atoms with van der Waals surface area (Å²) in [4.78, 5) is 12.2. The maximum atomic E-state index is 12.2. The molecule has 2 rings (SSSR count). The predicted octanol–water partition coefficient (Wildman–Crippen LogP) is 1.27. The molecule has 1 aliphatic heterocycles. The molecule has 3 unspecified atom stereocenters. The quantitative estimate of drug-likeness (QED) is 0.763. The van der Waals surface area contributed by atoms with E-state index in [0.717, 1.165) is 32.4 Å². The van der Waals surface area contributed by atoms with E-state index in [1.807, 2.05) is 0 Å². The highest BCUT2D eigenvalue weighted by molar-refractivity contribution is 5.78. The van der Waals surface area contributed by atoms with Gasteiger partial charge in [0.25, 0.3) is 0 Å². The first-order chi connectivity index (χ1) is 8.16. The smallest absolute Gasteiger partial charge is 0.237 e.